The van der Waals surface area contributed by atoms with Crippen molar-refractivity contribution in [3.8, 4) is 0 Å². The average Bonchev–Trinajstić information content (AvgIpc) is 3.24. The fourth-order valence-corrected chi connectivity index (χ4v) is 4.58. The van der Waals surface area contributed by atoms with E-state index in [1.165, 1.54) is 0 Å². The summed E-state index contributed by atoms with van der Waals surface area (Å²) in [6.45, 7) is 2.46. The molecule has 3 heterocycles. The third-order valence-corrected chi connectivity index (χ3v) is 6.60. The molecular formula is C12H22O6Si. The van der Waals surface area contributed by atoms with Crippen molar-refractivity contribution in [1.82, 2.24) is 0 Å². The highest BCUT2D eigenvalue weighted by atomic mass is 28.4. The van der Waals surface area contributed by atoms with Crippen LogP contribution in [0, 0.1) is 0 Å². The maximum atomic E-state index is 6.24. The van der Waals surface area contributed by atoms with Crippen molar-refractivity contribution in [2.75, 3.05) is 34.0 Å². The molecule has 3 saturated heterocycles. The van der Waals surface area contributed by atoms with E-state index in [9.17, 15) is 0 Å². The van der Waals surface area contributed by atoms with Crippen molar-refractivity contribution in [2.45, 2.75) is 43.3 Å². The van der Waals surface area contributed by atoms with Gasteiger partial charge in [0.2, 0.25) is 0 Å². The van der Waals surface area contributed by atoms with Crippen LogP contribution in [0.15, 0.2) is 0 Å². The van der Waals surface area contributed by atoms with E-state index < -0.39 is 8.80 Å². The first-order chi connectivity index (χ1) is 9.23. The monoisotopic (exact) mass is 290 g/mol. The van der Waals surface area contributed by atoms with E-state index in [1.807, 2.05) is 0 Å². The Balaban J connectivity index is 1.57. The maximum Gasteiger partial charge on any atom is 0.503 e. The molecule has 3 fully saturated rings. The minimum absolute atomic E-state index is 0.0883. The molecule has 3 rings (SSSR count). The summed E-state index contributed by atoms with van der Waals surface area (Å²) in [5.41, 5.74) is 0. The van der Waals surface area contributed by atoms with Gasteiger partial charge in [0, 0.05) is 33.1 Å². The summed E-state index contributed by atoms with van der Waals surface area (Å²) in [5.74, 6) is 0. The van der Waals surface area contributed by atoms with E-state index in [0.29, 0.717) is 12.2 Å². The van der Waals surface area contributed by atoms with E-state index >= 15 is 0 Å². The van der Waals surface area contributed by atoms with Crippen LogP contribution in [-0.2, 0) is 27.5 Å². The predicted octanol–water partition coefficient (Wildman–Crippen LogP) is 0.580. The molecule has 6 nitrogen and oxygen atoms in total. The first kappa shape index (κ1) is 13.9. The summed E-state index contributed by atoms with van der Waals surface area (Å²) >= 11 is 0. The molecule has 19 heavy (non-hydrogen) atoms. The second-order valence-corrected chi connectivity index (χ2v) is 8.20. The van der Waals surface area contributed by atoms with Crippen molar-refractivity contribution in [2.24, 2.45) is 0 Å². The van der Waals surface area contributed by atoms with Gasteiger partial charge in [-0.05, 0) is 0 Å². The van der Waals surface area contributed by atoms with Crippen molar-refractivity contribution < 1.29 is 27.5 Å². The van der Waals surface area contributed by atoms with E-state index in [-0.39, 0.29) is 12.2 Å². The molecule has 0 amide bonds. The van der Waals surface area contributed by atoms with Gasteiger partial charge in [-0.1, -0.05) is 0 Å². The van der Waals surface area contributed by atoms with E-state index in [0.717, 1.165) is 38.7 Å². The summed E-state index contributed by atoms with van der Waals surface area (Å²) in [5, 5.41) is 0. The van der Waals surface area contributed by atoms with Crippen LogP contribution in [-0.4, -0.2) is 67.3 Å². The molecule has 3 aliphatic heterocycles. The van der Waals surface area contributed by atoms with Gasteiger partial charge in [0.05, 0.1) is 44.2 Å². The van der Waals surface area contributed by atoms with Gasteiger partial charge in [-0.2, -0.15) is 0 Å². The molecule has 7 heteroatoms. The van der Waals surface area contributed by atoms with Crippen molar-refractivity contribution in [1.29, 1.82) is 0 Å². The third-order valence-electron chi connectivity index (χ3n) is 3.70. The Labute approximate surface area is 114 Å². The molecule has 3 atom stereocenters. The lowest BCUT2D eigenvalue weighted by Crippen LogP contribution is -2.48. The number of hydrogen-bond acceptors (Lipinski definition) is 6. The van der Waals surface area contributed by atoms with Gasteiger partial charge in [0.15, 0.2) is 0 Å². The smallest absolute Gasteiger partial charge is 0.377 e. The van der Waals surface area contributed by atoms with Crippen molar-refractivity contribution in [3.05, 3.63) is 0 Å². The Morgan fingerprint density at radius 3 is 1.79 bits per heavy atom. The first-order valence-corrected chi connectivity index (χ1v) is 8.79. The zero-order valence-corrected chi connectivity index (χ0v) is 12.5. The van der Waals surface area contributed by atoms with Gasteiger partial charge in [-0.25, -0.2) is 0 Å². The predicted molar refractivity (Wildman–Crippen MR) is 67.9 cm³/mol. The molecule has 0 N–H and O–H groups in total. The summed E-state index contributed by atoms with van der Waals surface area (Å²) in [7, 11) is 0.705. The first-order valence-electron chi connectivity index (χ1n) is 6.86. The van der Waals surface area contributed by atoms with Gasteiger partial charge < -0.3 is 27.5 Å². The maximum absolute atomic E-state index is 6.24. The number of rotatable bonds is 10. The Hall–Kier alpha value is -0.0231. The summed E-state index contributed by atoms with van der Waals surface area (Å²) in [4.78, 5) is 0. The minimum Gasteiger partial charge on any atom is -0.377 e. The lowest BCUT2D eigenvalue weighted by molar-refractivity contribution is 0.0390. The number of epoxide rings is 3. The fourth-order valence-electron chi connectivity index (χ4n) is 2.30. The SMILES string of the molecule is CO[Si](CC1CO1)(OC)OC(CC1CO1)CC1CO1. The van der Waals surface area contributed by atoms with Crippen LogP contribution in [0.5, 0.6) is 0 Å². The molecule has 0 radical (unpaired) electrons. The van der Waals surface area contributed by atoms with Crippen molar-refractivity contribution >= 4 is 8.80 Å². The molecule has 0 saturated carbocycles. The largest absolute Gasteiger partial charge is 0.503 e. The molecule has 0 aromatic carbocycles. The van der Waals surface area contributed by atoms with Crippen molar-refractivity contribution in [3.63, 3.8) is 0 Å². The highest BCUT2D eigenvalue weighted by molar-refractivity contribution is 6.60. The van der Waals surface area contributed by atoms with Gasteiger partial charge in [-0.3, -0.25) is 0 Å². The molecule has 0 aromatic heterocycles. The second-order valence-electron chi connectivity index (χ2n) is 5.37. The molecule has 0 aliphatic carbocycles. The van der Waals surface area contributed by atoms with E-state index in [1.54, 1.807) is 14.2 Å². The standard InChI is InChI=1S/C12H22O6Si/c1-13-19(14-2,8-12-7-17-12)18-9(3-10-5-15-10)4-11-6-16-11/h9-12H,3-8H2,1-2H3. The van der Waals surface area contributed by atoms with Gasteiger partial charge in [0.25, 0.3) is 0 Å². The normalized spacial score (nSPS) is 34.1. The molecule has 3 unspecified atom stereocenters. The van der Waals surface area contributed by atoms with Crippen LogP contribution in [0.2, 0.25) is 6.04 Å². The molecular weight excluding hydrogens is 268 g/mol. The van der Waals surface area contributed by atoms with Crippen LogP contribution in [0.25, 0.3) is 0 Å². The van der Waals surface area contributed by atoms with Crippen LogP contribution in [0.1, 0.15) is 12.8 Å². The molecule has 3 aliphatic rings. The molecule has 0 aromatic rings. The van der Waals surface area contributed by atoms with Crippen LogP contribution in [0.4, 0.5) is 0 Å². The summed E-state index contributed by atoms with van der Waals surface area (Å²) in [6, 6.07) is 0.730. The Kier molecular flexibility index (Phi) is 4.23. The number of hydrogen-bond donors (Lipinski definition) is 0. The Bertz CT molecular complexity index is 285. The Morgan fingerprint density at radius 1 is 0.947 bits per heavy atom. The zero-order valence-electron chi connectivity index (χ0n) is 11.5. The highest BCUT2D eigenvalue weighted by Gasteiger charge is 2.48. The summed E-state index contributed by atoms with van der Waals surface area (Å²) in [6.07, 6.45) is 2.79. The average molecular weight is 290 g/mol. The van der Waals surface area contributed by atoms with Crippen LogP contribution in [0.3, 0.4) is 0 Å². The third kappa shape index (κ3) is 4.22. The quantitative estimate of drug-likeness (QED) is 0.433. The molecule has 0 bridgehead atoms. The van der Waals surface area contributed by atoms with E-state index in [4.69, 9.17) is 27.5 Å². The molecule has 110 valence electrons. The highest BCUT2D eigenvalue weighted by Crippen LogP contribution is 2.31. The van der Waals surface area contributed by atoms with Crippen LogP contribution >= 0.6 is 0 Å². The van der Waals surface area contributed by atoms with E-state index in [2.05, 4.69) is 0 Å². The van der Waals surface area contributed by atoms with Gasteiger partial charge in [-0.15, -0.1) is 0 Å². The van der Waals surface area contributed by atoms with Gasteiger partial charge in [0.1, 0.15) is 0 Å². The molecule has 0 spiro atoms. The lowest BCUT2D eigenvalue weighted by Gasteiger charge is -2.30. The topological polar surface area (TPSA) is 65.3 Å². The zero-order chi connectivity index (χ0) is 13.3. The second kappa shape index (κ2) is 5.77. The van der Waals surface area contributed by atoms with Gasteiger partial charge >= 0.3 is 8.80 Å². The Morgan fingerprint density at radius 2 is 1.42 bits per heavy atom. The summed E-state index contributed by atoms with van der Waals surface area (Å²) < 4.78 is 33.3. The minimum atomic E-state index is -2.62. The number of ether oxygens (including phenoxy) is 3. The fraction of sp³-hybridized carbons (Fsp3) is 1.00. The lowest BCUT2D eigenvalue weighted by atomic mass is 10.1. The van der Waals surface area contributed by atoms with Crippen LogP contribution < -0.4 is 0 Å².